The second kappa shape index (κ2) is 14.9. The third kappa shape index (κ3) is 13.6. The first kappa shape index (κ1) is 25.9. The van der Waals surface area contributed by atoms with Crippen molar-refractivity contribution in [2.24, 2.45) is 0 Å². The quantitative estimate of drug-likeness (QED) is 0.209. The van der Waals surface area contributed by atoms with Gasteiger partial charge in [0.05, 0.1) is 6.42 Å². The van der Waals surface area contributed by atoms with Crippen LogP contribution in [0.15, 0.2) is 0 Å². The van der Waals surface area contributed by atoms with Crippen molar-refractivity contribution < 1.29 is 32.4 Å². The summed E-state index contributed by atoms with van der Waals surface area (Å²) in [6.07, 6.45) is 10.6. The summed E-state index contributed by atoms with van der Waals surface area (Å²) in [4.78, 5) is 22.9. The molecular weight excluding hydrogens is 372 g/mol. The van der Waals surface area contributed by atoms with Crippen molar-refractivity contribution in [2.75, 3.05) is 0 Å². The fourth-order valence-corrected chi connectivity index (χ4v) is 3.56. The van der Waals surface area contributed by atoms with Crippen LogP contribution in [0.1, 0.15) is 97.3 Å². The molecule has 0 aliphatic heterocycles. The van der Waals surface area contributed by atoms with E-state index in [2.05, 4.69) is 6.92 Å². The number of carboxylic acids is 1. The third-order valence-electron chi connectivity index (χ3n) is 4.52. The Morgan fingerprint density at radius 2 is 1.33 bits per heavy atom. The van der Waals surface area contributed by atoms with E-state index >= 15 is 0 Å². The molecule has 0 aromatic rings. The van der Waals surface area contributed by atoms with E-state index in [0.29, 0.717) is 12.8 Å². The summed E-state index contributed by atoms with van der Waals surface area (Å²) in [5, 5.41) is 6.69. The van der Waals surface area contributed by atoms with Crippen molar-refractivity contribution in [2.45, 2.75) is 109 Å². The predicted octanol–water partition coefficient (Wildman–Crippen LogP) is 4.35. The van der Waals surface area contributed by atoms with Gasteiger partial charge in [-0.1, -0.05) is 71.6 Å². The molecule has 27 heavy (non-hydrogen) atoms. The molecule has 0 saturated heterocycles. The molecule has 160 valence electrons. The minimum absolute atomic E-state index is 0.449. The van der Waals surface area contributed by atoms with Crippen LogP contribution in [0.4, 0.5) is 0 Å². The number of rotatable bonds is 17. The van der Waals surface area contributed by atoms with Crippen LogP contribution in [0.3, 0.4) is 0 Å². The average molecular weight is 409 g/mol. The minimum atomic E-state index is -4.82. The molecule has 0 rings (SSSR count). The smallest absolute Gasteiger partial charge is 0.327 e. The van der Waals surface area contributed by atoms with E-state index < -0.39 is 39.8 Å². The monoisotopic (exact) mass is 408 g/mol. The van der Waals surface area contributed by atoms with Gasteiger partial charge in [0, 0.05) is 0 Å². The largest absolute Gasteiger partial charge is 0.481 e. The van der Waals surface area contributed by atoms with Crippen LogP contribution >= 0.6 is 0 Å². The summed E-state index contributed by atoms with van der Waals surface area (Å²) in [6, 6.07) is 0. The van der Waals surface area contributed by atoms with Crippen LogP contribution in [0, 0.1) is 0 Å². The Bertz CT molecular complexity index is 516. The zero-order valence-electron chi connectivity index (χ0n) is 16.7. The van der Waals surface area contributed by atoms with Crippen molar-refractivity contribution in [1.82, 2.24) is 0 Å². The molecule has 0 amide bonds. The highest BCUT2D eigenvalue weighted by Gasteiger charge is 2.36. The van der Waals surface area contributed by atoms with Crippen LogP contribution in [-0.4, -0.2) is 41.4 Å². The third-order valence-corrected chi connectivity index (χ3v) is 5.60. The van der Waals surface area contributed by atoms with Gasteiger partial charge in [-0.2, -0.15) is 8.42 Å². The van der Waals surface area contributed by atoms with Crippen molar-refractivity contribution in [3.63, 3.8) is 0 Å². The molecule has 0 fully saturated rings. The van der Waals surface area contributed by atoms with Gasteiger partial charge < -0.3 is 9.84 Å². The first-order valence-electron chi connectivity index (χ1n) is 10.1. The molecule has 0 aromatic carbocycles. The van der Waals surface area contributed by atoms with Gasteiger partial charge in [-0.25, -0.2) is 0 Å². The average Bonchev–Trinajstić information content (AvgIpc) is 2.58. The van der Waals surface area contributed by atoms with Crippen molar-refractivity contribution in [3.05, 3.63) is 0 Å². The lowest BCUT2D eigenvalue weighted by Crippen LogP contribution is -2.36. The number of carbonyl (C=O) groups excluding carboxylic acids is 1. The summed E-state index contributed by atoms with van der Waals surface area (Å²) in [6.45, 7) is 4.18. The number of esters is 1. The molecule has 2 N–H and O–H groups in total. The van der Waals surface area contributed by atoms with E-state index in [1.807, 2.05) is 6.92 Å². The molecule has 0 spiro atoms. The van der Waals surface area contributed by atoms with Gasteiger partial charge in [-0.05, 0) is 19.3 Å². The number of hydrogen-bond donors (Lipinski definition) is 2. The molecule has 0 aromatic heterocycles. The first-order chi connectivity index (χ1) is 12.7. The molecule has 0 radical (unpaired) electrons. The lowest BCUT2D eigenvalue weighted by Gasteiger charge is -2.20. The van der Waals surface area contributed by atoms with Gasteiger partial charge in [-0.15, -0.1) is 0 Å². The predicted molar refractivity (Wildman–Crippen MR) is 104 cm³/mol. The van der Waals surface area contributed by atoms with E-state index in [-0.39, 0.29) is 0 Å². The van der Waals surface area contributed by atoms with Crippen molar-refractivity contribution in [1.29, 1.82) is 0 Å². The van der Waals surface area contributed by atoms with Crippen molar-refractivity contribution in [3.8, 4) is 0 Å². The van der Waals surface area contributed by atoms with Gasteiger partial charge in [-0.3, -0.25) is 14.1 Å². The Labute approximate surface area is 163 Å². The summed E-state index contributed by atoms with van der Waals surface area (Å²) in [5.41, 5.74) is 0. The molecule has 7 nitrogen and oxygen atoms in total. The fourth-order valence-electron chi connectivity index (χ4n) is 2.91. The minimum Gasteiger partial charge on any atom is -0.481 e. The SMILES string of the molecule is CCCCCCCCCCC(CCCC)OC(=O)C(CC(=O)O)S(=O)(=O)O. The van der Waals surface area contributed by atoms with E-state index in [0.717, 1.165) is 32.1 Å². The lowest BCUT2D eigenvalue weighted by molar-refractivity contribution is -0.152. The highest BCUT2D eigenvalue weighted by molar-refractivity contribution is 7.87. The number of hydrogen-bond acceptors (Lipinski definition) is 5. The summed E-state index contributed by atoms with van der Waals surface area (Å²) in [7, 11) is -4.82. The maximum Gasteiger partial charge on any atom is 0.327 e. The van der Waals surface area contributed by atoms with Crippen molar-refractivity contribution >= 4 is 22.1 Å². The Morgan fingerprint density at radius 1 is 0.852 bits per heavy atom. The number of ether oxygens (including phenoxy) is 1. The highest BCUT2D eigenvalue weighted by Crippen LogP contribution is 2.18. The molecule has 2 atom stereocenters. The summed E-state index contributed by atoms with van der Waals surface area (Å²) >= 11 is 0. The lowest BCUT2D eigenvalue weighted by atomic mass is 10.0. The number of aliphatic carboxylic acids is 1. The van der Waals surface area contributed by atoms with Crippen LogP contribution in [-0.2, 0) is 24.4 Å². The second-order valence-corrected chi connectivity index (χ2v) is 8.67. The summed E-state index contributed by atoms with van der Waals surface area (Å²) in [5.74, 6) is -2.66. The van der Waals surface area contributed by atoms with Gasteiger partial charge >= 0.3 is 11.9 Å². The van der Waals surface area contributed by atoms with Crippen LogP contribution in [0.25, 0.3) is 0 Å². The van der Waals surface area contributed by atoms with Crippen LogP contribution in [0.2, 0.25) is 0 Å². The van der Waals surface area contributed by atoms with E-state index in [1.54, 1.807) is 0 Å². The number of unbranched alkanes of at least 4 members (excludes halogenated alkanes) is 8. The van der Waals surface area contributed by atoms with Gasteiger partial charge in [0.1, 0.15) is 6.10 Å². The zero-order chi connectivity index (χ0) is 20.7. The molecule has 0 saturated carbocycles. The van der Waals surface area contributed by atoms with Gasteiger partial charge in [0.25, 0.3) is 10.1 Å². The molecule has 0 heterocycles. The Morgan fingerprint density at radius 3 is 1.81 bits per heavy atom. The molecular formula is C19H36O7S. The molecule has 0 aliphatic rings. The van der Waals surface area contributed by atoms with E-state index in [4.69, 9.17) is 14.4 Å². The molecule has 0 aliphatic carbocycles. The van der Waals surface area contributed by atoms with E-state index in [9.17, 15) is 18.0 Å². The number of carbonyl (C=O) groups is 2. The maximum atomic E-state index is 12.1. The topological polar surface area (TPSA) is 118 Å². The highest BCUT2D eigenvalue weighted by atomic mass is 32.2. The Kier molecular flexibility index (Phi) is 14.2. The van der Waals surface area contributed by atoms with E-state index in [1.165, 1.54) is 32.1 Å². The summed E-state index contributed by atoms with van der Waals surface area (Å²) < 4.78 is 37.0. The molecule has 8 heteroatoms. The Balaban J connectivity index is 4.48. The van der Waals surface area contributed by atoms with Crippen LogP contribution in [0.5, 0.6) is 0 Å². The van der Waals surface area contributed by atoms with Gasteiger partial charge in [0.2, 0.25) is 0 Å². The Hall–Kier alpha value is -1.15. The zero-order valence-corrected chi connectivity index (χ0v) is 17.5. The maximum absolute atomic E-state index is 12.1. The molecule has 2 unspecified atom stereocenters. The van der Waals surface area contributed by atoms with Gasteiger partial charge in [0.15, 0.2) is 5.25 Å². The first-order valence-corrected chi connectivity index (χ1v) is 11.6. The standard InChI is InChI=1S/C19H36O7S/c1-3-5-7-8-9-10-11-12-14-16(13-6-4-2)26-19(22)17(15-18(20)21)27(23,24)25/h16-17H,3-15H2,1-2H3,(H,20,21)(H,23,24,25). The second-order valence-electron chi connectivity index (χ2n) is 7.07. The normalized spacial score (nSPS) is 13.9. The number of carboxylic acid groups (broad SMARTS) is 1. The molecule has 0 bridgehead atoms. The fraction of sp³-hybridized carbons (Fsp3) is 0.895. The van der Waals surface area contributed by atoms with Crippen LogP contribution < -0.4 is 0 Å².